The molecule has 0 spiro atoms. The Labute approximate surface area is 92.7 Å². The largest absolute Gasteiger partial charge is 0.312 e. The molecule has 80 valence electrons. The Morgan fingerprint density at radius 3 is 3.13 bits per heavy atom. The van der Waals surface area contributed by atoms with Gasteiger partial charge in [0.25, 0.3) is 0 Å². The second-order valence-electron chi connectivity index (χ2n) is 3.35. The fraction of sp³-hybridized carbons (Fsp3) is 0.400. The van der Waals surface area contributed by atoms with Crippen molar-refractivity contribution in [3.8, 4) is 0 Å². The van der Waals surface area contributed by atoms with E-state index in [-0.39, 0.29) is 6.04 Å². The highest BCUT2D eigenvalue weighted by Crippen LogP contribution is 2.18. The second kappa shape index (κ2) is 5.04. The third-order valence-corrected chi connectivity index (χ3v) is 3.33. The Morgan fingerprint density at radius 2 is 2.53 bits per heavy atom. The number of aromatic amines is 1. The predicted molar refractivity (Wildman–Crippen MR) is 60.8 cm³/mol. The number of nitrogens with zero attached hydrogens (tertiary/aromatic N) is 2. The molecule has 0 saturated carbocycles. The predicted octanol–water partition coefficient (Wildman–Crippen LogP) is 1.76. The maximum atomic E-state index is 4.09. The van der Waals surface area contributed by atoms with Crippen LogP contribution in [-0.2, 0) is 6.42 Å². The lowest BCUT2D eigenvalue weighted by Gasteiger charge is -2.11. The molecular formula is C10H14N4S. The molecule has 0 aliphatic rings. The van der Waals surface area contributed by atoms with Crippen molar-refractivity contribution in [2.45, 2.75) is 18.9 Å². The first-order chi connectivity index (χ1) is 7.40. The van der Waals surface area contributed by atoms with E-state index in [1.807, 2.05) is 7.05 Å². The smallest absolute Gasteiger partial charge is 0.0993 e. The summed E-state index contributed by atoms with van der Waals surface area (Å²) in [4.78, 5) is 1.42. The topological polar surface area (TPSA) is 53.6 Å². The van der Waals surface area contributed by atoms with Crippen LogP contribution in [0, 0.1) is 0 Å². The van der Waals surface area contributed by atoms with Gasteiger partial charge >= 0.3 is 0 Å². The Balaban J connectivity index is 1.92. The minimum Gasteiger partial charge on any atom is -0.312 e. The highest BCUT2D eigenvalue weighted by atomic mass is 32.1. The average Bonchev–Trinajstić information content (AvgIpc) is 2.90. The summed E-state index contributed by atoms with van der Waals surface area (Å²) < 4.78 is 0. The van der Waals surface area contributed by atoms with E-state index in [1.165, 1.54) is 4.88 Å². The van der Waals surface area contributed by atoms with Gasteiger partial charge in [0.2, 0.25) is 0 Å². The molecule has 0 radical (unpaired) electrons. The number of H-pyrrole nitrogens is 1. The Kier molecular flexibility index (Phi) is 3.47. The van der Waals surface area contributed by atoms with Crippen molar-refractivity contribution in [3.05, 3.63) is 34.3 Å². The first-order valence-electron chi connectivity index (χ1n) is 4.95. The van der Waals surface area contributed by atoms with Gasteiger partial charge in [-0.15, -0.1) is 11.3 Å². The van der Waals surface area contributed by atoms with Gasteiger partial charge in [0.05, 0.1) is 17.9 Å². The minimum absolute atomic E-state index is 0.283. The summed E-state index contributed by atoms with van der Waals surface area (Å²) in [7, 11) is 1.95. The van der Waals surface area contributed by atoms with Gasteiger partial charge < -0.3 is 5.32 Å². The summed E-state index contributed by atoms with van der Waals surface area (Å²) in [5.74, 6) is 0. The fourth-order valence-electron chi connectivity index (χ4n) is 1.56. The van der Waals surface area contributed by atoms with E-state index in [4.69, 9.17) is 0 Å². The highest BCUT2D eigenvalue weighted by Gasteiger charge is 2.11. The summed E-state index contributed by atoms with van der Waals surface area (Å²) in [6.45, 7) is 0. The van der Waals surface area contributed by atoms with Gasteiger partial charge in [-0.3, -0.25) is 0 Å². The number of thiophene rings is 1. The monoisotopic (exact) mass is 222 g/mol. The van der Waals surface area contributed by atoms with Crippen LogP contribution in [0.1, 0.15) is 23.0 Å². The lowest BCUT2D eigenvalue weighted by Crippen LogP contribution is -2.17. The van der Waals surface area contributed by atoms with Crippen molar-refractivity contribution in [3.63, 3.8) is 0 Å². The van der Waals surface area contributed by atoms with Crippen LogP contribution in [-0.4, -0.2) is 22.5 Å². The molecule has 15 heavy (non-hydrogen) atoms. The third kappa shape index (κ3) is 2.64. The van der Waals surface area contributed by atoms with Gasteiger partial charge in [0.15, 0.2) is 0 Å². The zero-order valence-corrected chi connectivity index (χ0v) is 9.42. The van der Waals surface area contributed by atoms with Crippen LogP contribution >= 0.6 is 11.3 Å². The van der Waals surface area contributed by atoms with Crippen molar-refractivity contribution in [1.82, 2.24) is 20.7 Å². The molecule has 2 N–H and O–H groups in total. The molecule has 0 amide bonds. The lowest BCUT2D eigenvalue weighted by atomic mass is 10.1. The molecular weight excluding hydrogens is 208 g/mol. The number of aromatic nitrogens is 3. The van der Waals surface area contributed by atoms with Crippen LogP contribution in [0.25, 0.3) is 0 Å². The van der Waals surface area contributed by atoms with E-state index in [2.05, 4.69) is 38.2 Å². The third-order valence-electron chi connectivity index (χ3n) is 2.40. The molecule has 0 aliphatic heterocycles. The first-order valence-corrected chi connectivity index (χ1v) is 5.83. The fourth-order valence-corrected chi connectivity index (χ4v) is 2.28. The Bertz CT molecular complexity index is 368. The molecule has 2 aromatic heterocycles. The molecule has 2 rings (SSSR count). The van der Waals surface area contributed by atoms with E-state index in [0.29, 0.717) is 0 Å². The molecule has 0 saturated heterocycles. The van der Waals surface area contributed by atoms with Crippen LogP contribution in [0.3, 0.4) is 0 Å². The number of aryl methyl sites for hydroxylation is 1. The number of hydrogen-bond donors (Lipinski definition) is 2. The summed E-state index contributed by atoms with van der Waals surface area (Å²) in [5.41, 5.74) is 0.981. The Hall–Kier alpha value is -1.20. The molecule has 2 heterocycles. The van der Waals surface area contributed by atoms with Crippen LogP contribution in [0.15, 0.2) is 23.7 Å². The van der Waals surface area contributed by atoms with Gasteiger partial charge in [0.1, 0.15) is 0 Å². The number of rotatable bonds is 5. The summed E-state index contributed by atoms with van der Waals surface area (Å²) in [5, 5.41) is 15.9. The standard InChI is InChI=1S/C10H14N4S/c1-11-9(10-7-12-14-13-10)5-4-8-3-2-6-15-8/h2-3,6-7,9,11H,4-5H2,1H3,(H,12,13,14). The molecule has 0 aliphatic carbocycles. The molecule has 0 aromatic carbocycles. The second-order valence-corrected chi connectivity index (χ2v) is 4.39. The van der Waals surface area contributed by atoms with E-state index < -0.39 is 0 Å². The first kappa shape index (κ1) is 10.3. The van der Waals surface area contributed by atoms with Gasteiger partial charge in [-0.2, -0.15) is 15.4 Å². The van der Waals surface area contributed by atoms with Crippen molar-refractivity contribution < 1.29 is 0 Å². The van der Waals surface area contributed by atoms with E-state index in [0.717, 1.165) is 18.5 Å². The molecule has 1 unspecified atom stereocenters. The molecule has 1 atom stereocenters. The molecule has 5 heteroatoms. The quantitative estimate of drug-likeness (QED) is 0.810. The van der Waals surface area contributed by atoms with Crippen LogP contribution in [0.5, 0.6) is 0 Å². The maximum Gasteiger partial charge on any atom is 0.0993 e. The van der Waals surface area contributed by atoms with E-state index in [1.54, 1.807) is 17.5 Å². The van der Waals surface area contributed by atoms with Crippen LogP contribution in [0.4, 0.5) is 0 Å². The summed E-state index contributed by atoms with van der Waals surface area (Å²) in [6, 6.07) is 4.54. The summed E-state index contributed by atoms with van der Waals surface area (Å²) >= 11 is 1.80. The van der Waals surface area contributed by atoms with E-state index in [9.17, 15) is 0 Å². The lowest BCUT2D eigenvalue weighted by molar-refractivity contribution is 0.536. The van der Waals surface area contributed by atoms with Crippen molar-refractivity contribution in [2.75, 3.05) is 7.05 Å². The van der Waals surface area contributed by atoms with Gasteiger partial charge in [-0.25, -0.2) is 0 Å². The van der Waals surface area contributed by atoms with Gasteiger partial charge in [-0.05, 0) is 31.3 Å². The minimum atomic E-state index is 0.283. The highest BCUT2D eigenvalue weighted by molar-refractivity contribution is 7.09. The van der Waals surface area contributed by atoms with Crippen LogP contribution in [0.2, 0.25) is 0 Å². The number of nitrogens with one attached hydrogen (secondary N) is 2. The molecule has 2 aromatic rings. The molecule has 0 bridgehead atoms. The maximum absolute atomic E-state index is 4.09. The zero-order valence-electron chi connectivity index (χ0n) is 8.60. The summed E-state index contributed by atoms with van der Waals surface area (Å²) in [6.07, 6.45) is 3.90. The van der Waals surface area contributed by atoms with Crippen molar-refractivity contribution in [2.24, 2.45) is 0 Å². The van der Waals surface area contributed by atoms with Crippen LogP contribution < -0.4 is 5.32 Å². The van der Waals surface area contributed by atoms with Crippen molar-refractivity contribution >= 4 is 11.3 Å². The SMILES string of the molecule is CNC(CCc1cccs1)c1cn[nH]n1. The van der Waals surface area contributed by atoms with Gasteiger partial charge in [0, 0.05) is 4.88 Å². The number of hydrogen-bond acceptors (Lipinski definition) is 4. The van der Waals surface area contributed by atoms with Crippen molar-refractivity contribution in [1.29, 1.82) is 0 Å². The molecule has 0 fully saturated rings. The molecule has 4 nitrogen and oxygen atoms in total. The van der Waals surface area contributed by atoms with E-state index >= 15 is 0 Å². The average molecular weight is 222 g/mol. The Morgan fingerprint density at radius 1 is 1.60 bits per heavy atom. The van der Waals surface area contributed by atoms with Gasteiger partial charge in [-0.1, -0.05) is 6.07 Å². The zero-order chi connectivity index (χ0) is 10.5. The normalized spacial score (nSPS) is 12.9.